The molecule has 39 heavy (non-hydrogen) atoms. The highest BCUT2D eigenvalue weighted by Crippen LogP contribution is 2.31. The molecule has 216 valence electrons. The van der Waals surface area contributed by atoms with Crippen molar-refractivity contribution < 1.29 is 50.9 Å². The van der Waals surface area contributed by atoms with Crippen LogP contribution in [0.25, 0.3) is 0 Å². The molecule has 0 aliphatic carbocycles. The maximum Gasteiger partial charge on any atom is 0.490 e. The van der Waals surface area contributed by atoms with E-state index >= 15 is 0 Å². The predicted molar refractivity (Wildman–Crippen MR) is 136 cm³/mol. The van der Waals surface area contributed by atoms with E-state index in [1.54, 1.807) is 24.6 Å². The number of methoxy groups -OCH3 is 1. The quantitative estimate of drug-likeness (QED) is 0.297. The van der Waals surface area contributed by atoms with E-state index in [0.29, 0.717) is 45.0 Å². The maximum atomic E-state index is 12.7. The average molecular weight is 597 g/mol. The largest absolute Gasteiger partial charge is 0.490 e. The molecule has 0 saturated carbocycles. The van der Waals surface area contributed by atoms with Crippen molar-refractivity contribution in [3.63, 3.8) is 0 Å². The summed E-state index contributed by atoms with van der Waals surface area (Å²) in [5.41, 5.74) is 0.799. The van der Waals surface area contributed by atoms with Crippen molar-refractivity contribution in [2.24, 2.45) is 0 Å². The lowest BCUT2D eigenvalue weighted by molar-refractivity contribution is -0.192. The number of rotatable bonds is 10. The highest BCUT2D eigenvalue weighted by molar-refractivity contribution is 7.94. The number of aromatic carboxylic acids is 1. The third kappa shape index (κ3) is 10.0. The average Bonchev–Trinajstić information content (AvgIpc) is 3.41. The Bertz CT molecular complexity index is 1230. The number of aliphatic carboxylic acids is 1. The van der Waals surface area contributed by atoms with Gasteiger partial charge in [0.05, 0.1) is 30.1 Å². The predicted octanol–water partition coefficient (Wildman–Crippen LogP) is 1.77. The van der Waals surface area contributed by atoms with Crippen LogP contribution in [-0.4, -0.2) is 101 Å². The number of nitrogens with zero attached hydrogens (tertiary/aromatic N) is 2. The van der Waals surface area contributed by atoms with Gasteiger partial charge >= 0.3 is 18.1 Å². The lowest BCUT2D eigenvalue weighted by Crippen LogP contribution is -2.49. The Hall–Kier alpha value is -3.41. The van der Waals surface area contributed by atoms with Crippen LogP contribution < -0.4 is 14.9 Å². The van der Waals surface area contributed by atoms with Gasteiger partial charge in [0.15, 0.2) is 0 Å². The summed E-state index contributed by atoms with van der Waals surface area (Å²) in [5, 5.41) is 20.9. The van der Waals surface area contributed by atoms with Gasteiger partial charge in [-0.25, -0.2) is 18.0 Å². The molecule has 2 aromatic rings. The first-order valence-electron chi connectivity index (χ1n) is 11.2. The summed E-state index contributed by atoms with van der Waals surface area (Å²) in [4.78, 5) is 36.3. The van der Waals surface area contributed by atoms with Crippen LogP contribution in [0.2, 0.25) is 0 Å². The minimum atomic E-state index is -5.08. The number of alkyl halides is 3. The molecular formula is C22H27F3N4O8S2. The van der Waals surface area contributed by atoms with E-state index in [0.717, 1.165) is 11.3 Å². The Balaban J connectivity index is 0.000000673. The molecule has 4 N–H and O–H groups in total. The standard InChI is InChI=1S/C20H26N4O6S2.C2HF3O2/c1-30-11-6-21-18(25)14-23-7-9-24(10-8-23)17-5-4-15(20(26)27)13-16(17)22-32(28,29)19-3-2-12-31-19;3-2(4,5)1(6)7/h2-5,12-13,22H,6-11,14H2,1H3,(H,21,25)(H,26,27);(H,6,7). The minimum Gasteiger partial charge on any atom is -0.478 e. The number of piperazine rings is 1. The van der Waals surface area contributed by atoms with Crippen LogP contribution in [-0.2, 0) is 24.3 Å². The molecule has 0 spiro atoms. The minimum absolute atomic E-state index is 0.0102. The summed E-state index contributed by atoms with van der Waals surface area (Å²) >= 11 is 1.08. The van der Waals surface area contributed by atoms with Crippen molar-refractivity contribution in [3.05, 3.63) is 41.3 Å². The van der Waals surface area contributed by atoms with Gasteiger partial charge < -0.3 is 25.2 Å². The smallest absolute Gasteiger partial charge is 0.478 e. The number of hydrogen-bond acceptors (Lipinski definition) is 9. The third-order valence-electron chi connectivity index (χ3n) is 5.20. The highest BCUT2D eigenvalue weighted by atomic mass is 32.2. The molecule has 0 radical (unpaired) electrons. The zero-order chi connectivity index (χ0) is 29.2. The zero-order valence-corrected chi connectivity index (χ0v) is 22.2. The van der Waals surface area contributed by atoms with Gasteiger partial charge in [-0.15, -0.1) is 11.3 Å². The number of carbonyl (C=O) groups excluding carboxylic acids is 1. The van der Waals surface area contributed by atoms with Crippen molar-refractivity contribution in [2.45, 2.75) is 10.4 Å². The van der Waals surface area contributed by atoms with Crippen LogP contribution in [0.5, 0.6) is 0 Å². The van der Waals surface area contributed by atoms with Crippen LogP contribution in [0.1, 0.15) is 10.4 Å². The molecule has 2 heterocycles. The van der Waals surface area contributed by atoms with E-state index in [1.165, 1.54) is 18.2 Å². The van der Waals surface area contributed by atoms with Gasteiger partial charge in [-0.2, -0.15) is 13.2 Å². The summed E-state index contributed by atoms with van der Waals surface area (Å²) in [6, 6.07) is 7.53. The first-order valence-corrected chi connectivity index (χ1v) is 13.6. The summed E-state index contributed by atoms with van der Waals surface area (Å²) in [6.07, 6.45) is -5.08. The second-order valence-corrected chi connectivity index (χ2v) is 10.8. The molecule has 1 aromatic heterocycles. The molecule has 17 heteroatoms. The van der Waals surface area contributed by atoms with E-state index in [9.17, 15) is 36.3 Å². The third-order valence-corrected chi connectivity index (χ3v) is 7.96. The number of nitrogens with one attached hydrogen (secondary N) is 2. The molecule has 0 unspecified atom stereocenters. The second kappa shape index (κ2) is 14.1. The Morgan fingerprint density at radius 3 is 2.26 bits per heavy atom. The number of thiophene rings is 1. The van der Waals surface area contributed by atoms with Crippen LogP contribution >= 0.6 is 11.3 Å². The molecular weight excluding hydrogens is 569 g/mol. The normalized spacial score (nSPS) is 14.2. The molecule has 1 aliphatic rings. The van der Waals surface area contributed by atoms with Crippen molar-refractivity contribution in [2.75, 3.05) is 62.6 Å². The SMILES string of the molecule is COCCNC(=O)CN1CCN(c2ccc(C(=O)O)cc2NS(=O)(=O)c2cccs2)CC1.O=C(O)C(F)(F)F. The molecule has 1 amide bonds. The second-order valence-electron chi connectivity index (χ2n) is 7.98. The van der Waals surface area contributed by atoms with Gasteiger partial charge in [-0.05, 0) is 29.6 Å². The fraction of sp³-hybridized carbons (Fsp3) is 0.409. The first kappa shape index (κ1) is 31.8. The number of halogens is 3. The van der Waals surface area contributed by atoms with E-state index in [1.807, 2.05) is 9.80 Å². The summed E-state index contributed by atoms with van der Waals surface area (Å²) in [6.45, 7) is 3.52. The number of anilines is 2. The number of hydrogen-bond donors (Lipinski definition) is 4. The summed E-state index contributed by atoms with van der Waals surface area (Å²) in [5.74, 6) is -3.98. The number of carboxylic acid groups (broad SMARTS) is 2. The van der Waals surface area contributed by atoms with E-state index in [4.69, 9.17) is 14.6 Å². The van der Waals surface area contributed by atoms with Crippen molar-refractivity contribution in [1.29, 1.82) is 0 Å². The fourth-order valence-corrected chi connectivity index (χ4v) is 5.39. The van der Waals surface area contributed by atoms with Gasteiger partial charge in [-0.1, -0.05) is 6.07 Å². The molecule has 1 aliphatic heterocycles. The van der Waals surface area contributed by atoms with Gasteiger partial charge in [-0.3, -0.25) is 14.4 Å². The van der Waals surface area contributed by atoms with Crippen LogP contribution in [0.15, 0.2) is 39.9 Å². The van der Waals surface area contributed by atoms with Gasteiger partial charge in [0.25, 0.3) is 10.0 Å². The molecule has 0 atom stereocenters. The molecule has 1 saturated heterocycles. The van der Waals surface area contributed by atoms with Crippen LogP contribution in [0.4, 0.5) is 24.5 Å². The Labute approximate surface area is 226 Å². The molecule has 1 fully saturated rings. The molecule has 0 bridgehead atoms. The molecule has 3 rings (SSSR count). The number of carbonyl (C=O) groups is 3. The van der Waals surface area contributed by atoms with E-state index < -0.39 is 28.1 Å². The van der Waals surface area contributed by atoms with Gasteiger partial charge in [0.1, 0.15) is 4.21 Å². The fourth-order valence-electron chi connectivity index (χ4n) is 3.34. The topological polar surface area (TPSA) is 166 Å². The lowest BCUT2D eigenvalue weighted by atomic mass is 10.1. The number of sulfonamides is 1. The van der Waals surface area contributed by atoms with Crippen molar-refractivity contribution >= 4 is 50.6 Å². The number of amides is 1. The number of benzene rings is 1. The van der Waals surface area contributed by atoms with Crippen LogP contribution in [0.3, 0.4) is 0 Å². The van der Waals surface area contributed by atoms with E-state index in [-0.39, 0.29) is 27.9 Å². The monoisotopic (exact) mass is 596 g/mol. The van der Waals surface area contributed by atoms with E-state index in [2.05, 4.69) is 10.0 Å². The summed E-state index contributed by atoms with van der Waals surface area (Å²) in [7, 11) is -2.26. The zero-order valence-electron chi connectivity index (χ0n) is 20.6. The first-order chi connectivity index (χ1) is 18.2. The van der Waals surface area contributed by atoms with Gasteiger partial charge in [0.2, 0.25) is 5.91 Å². The van der Waals surface area contributed by atoms with Crippen LogP contribution in [0, 0.1) is 0 Å². The molecule has 12 nitrogen and oxygen atoms in total. The lowest BCUT2D eigenvalue weighted by Gasteiger charge is -2.36. The number of carboxylic acids is 2. The van der Waals surface area contributed by atoms with Crippen molar-refractivity contribution in [3.8, 4) is 0 Å². The summed E-state index contributed by atoms with van der Waals surface area (Å²) < 4.78 is 64.8. The number of ether oxygens (including phenoxy) is 1. The maximum absolute atomic E-state index is 12.7. The molecule has 1 aromatic carbocycles. The Kier molecular flexibility index (Phi) is 11.5. The van der Waals surface area contributed by atoms with Gasteiger partial charge in [0, 0.05) is 39.8 Å². The Morgan fingerprint density at radius 2 is 1.74 bits per heavy atom. The highest BCUT2D eigenvalue weighted by Gasteiger charge is 2.38. The Morgan fingerprint density at radius 1 is 1.10 bits per heavy atom. The van der Waals surface area contributed by atoms with Crippen molar-refractivity contribution in [1.82, 2.24) is 10.2 Å².